The topological polar surface area (TPSA) is 110 Å². The molecular formula is C15H26N4O3. The number of nitrogens with two attached hydrogens (primary N) is 1. The predicted octanol–water partition coefficient (Wildman–Crippen LogP) is 0.515. The maximum atomic E-state index is 11.8. The summed E-state index contributed by atoms with van der Waals surface area (Å²) < 4.78 is 5.24. The molecule has 0 aromatic carbocycles. The average molecular weight is 310 g/mol. The van der Waals surface area contributed by atoms with Crippen LogP contribution in [-0.4, -0.2) is 29.6 Å². The first-order valence-electron chi connectivity index (χ1n) is 7.66. The van der Waals surface area contributed by atoms with E-state index in [9.17, 15) is 9.59 Å². The van der Waals surface area contributed by atoms with Crippen molar-refractivity contribution in [3.05, 3.63) is 17.0 Å². The minimum atomic E-state index is -0.607. The lowest BCUT2D eigenvalue weighted by atomic mass is 10.1. The summed E-state index contributed by atoms with van der Waals surface area (Å²) in [5, 5.41) is 9.29. The van der Waals surface area contributed by atoms with E-state index in [1.165, 1.54) is 0 Å². The highest BCUT2D eigenvalue weighted by atomic mass is 16.5. The SMILES string of the molecule is CCc1noc(CC)c1CNC(=O)CNC(=O)[C@@H](N)C(C)C. The largest absolute Gasteiger partial charge is 0.361 e. The molecule has 0 fully saturated rings. The standard InChI is InChI=1S/C15H26N4O3/c1-5-11-10(12(6-2)22-19-11)7-17-13(20)8-18-15(21)14(16)9(3)4/h9,14H,5-8,16H2,1-4H3,(H,17,20)(H,18,21)/t14-/m0/s1. The molecule has 0 aliphatic heterocycles. The van der Waals surface area contributed by atoms with Crippen LogP contribution in [0.3, 0.4) is 0 Å². The fourth-order valence-electron chi connectivity index (χ4n) is 1.98. The number of hydrogen-bond donors (Lipinski definition) is 3. The summed E-state index contributed by atoms with van der Waals surface area (Å²) in [4.78, 5) is 23.5. The summed E-state index contributed by atoms with van der Waals surface area (Å²) in [6, 6.07) is -0.607. The maximum absolute atomic E-state index is 11.8. The Hall–Kier alpha value is -1.89. The normalized spacial score (nSPS) is 12.3. The van der Waals surface area contributed by atoms with Crippen LogP contribution in [-0.2, 0) is 29.0 Å². The van der Waals surface area contributed by atoms with Crippen molar-refractivity contribution in [2.75, 3.05) is 6.54 Å². The third-order valence-corrected chi connectivity index (χ3v) is 3.51. The molecule has 1 atom stereocenters. The molecule has 7 heteroatoms. The van der Waals surface area contributed by atoms with Gasteiger partial charge in [0.15, 0.2) is 0 Å². The van der Waals surface area contributed by atoms with E-state index in [4.69, 9.17) is 10.3 Å². The highest BCUT2D eigenvalue weighted by Crippen LogP contribution is 2.15. The van der Waals surface area contributed by atoms with Gasteiger partial charge < -0.3 is 20.9 Å². The zero-order valence-electron chi connectivity index (χ0n) is 13.7. The number of nitrogens with one attached hydrogen (secondary N) is 2. The van der Waals surface area contributed by atoms with Gasteiger partial charge in [-0.3, -0.25) is 9.59 Å². The van der Waals surface area contributed by atoms with Crippen LogP contribution in [0.1, 0.15) is 44.7 Å². The van der Waals surface area contributed by atoms with E-state index in [0.29, 0.717) is 6.54 Å². The van der Waals surface area contributed by atoms with E-state index < -0.39 is 6.04 Å². The van der Waals surface area contributed by atoms with Gasteiger partial charge in [0, 0.05) is 18.5 Å². The Balaban J connectivity index is 2.47. The van der Waals surface area contributed by atoms with Gasteiger partial charge in [-0.1, -0.05) is 32.9 Å². The Bertz CT molecular complexity index is 489. The zero-order valence-corrected chi connectivity index (χ0v) is 13.7. The molecule has 0 spiro atoms. The molecule has 1 aromatic rings. The summed E-state index contributed by atoms with van der Waals surface area (Å²) >= 11 is 0. The minimum absolute atomic E-state index is 0.0271. The van der Waals surface area contributed by atoms with Crippen molar-refractivity contribution in [1.82, 2.24) is 15.8 Å². The van der Waals surface area contributed by atoms with Crippen molar-refractivity contribution in [2.24, 2.45) is 11.7 Å². The van der Waals surface area contributed by atoms with Gasteiger partial charge in [-0.05, 0) is 12.3 Å². The van der Waals surface area contributed by atoms with Gasteiger partial charge in [-0.15, -0.1) is 0 Å². The number of hydrogen-bond acceptors (Lipinski definition) is 5. The Morgan fingerprint density at radius 3 is 2.45 bits per heavy atom. The van der Waals surface area contributed by atoms with Gasteiger partial charge in [0.1, 0.15) is 5.76 Å². The van der Waals surface area contributed by atoms with Crippen LogP contribution in [0.5, 0.6) is 0 Å². The average Bonchev–Trinajstić information content (AvgIpc) is 2.91. The van der Waals surface area contributed by atoms with E-state index in [-0.39, 0.29) is 24.3 Å². The molecule has 7 nitrogen and oxygen atoms in total. The third kappa shape index (κ3) is 4.84. The zero-order chi connectivity index (χ0) is 16.7. The molecule has 0 unspecified atom stereocenters. The van der Waals surface area contributed by atoms with Crippen molar-refractivity contribution in [3.8, 4) is 0 Å². The highest BCUT2D eigenvalue weighted by Gasteiger charge is 2.18. The Morgan fingerprint density at radius 1 is 1.23 bits per heavy atom. The number of aromatic nitrogens is 1. The maximum Gasteiger partial charge on any atom is 0.239 e. The van der Waals surface area contributed by atoms with Gasteiger partial charge in [-0.25, -0.2) is 0 Å². The molecule has 4 N–H and O–H groups in total. The van der Waals surface area contributed by atoms with E-state index in [1.807, 2.05) is 27.7 Å². The van der Waals surface area contributed by atoms with E-state index in [1.54, 1.807) is 0 Å². The molecule has 0 aliphatic carbocycles. The molecule has 1 heterocycles. The first kappa shape index (κ1) is 18.2. The number of carbonyl (C=O) groups is 2. The number of aryl methyl sites for hydroxylation is 2. The van der Waals surface area contributed by atoms with Crippen LogP contribution in [0.2, 0.25) is 0 Å². The van der Waals surface area contributed by atoms with Gasteiger partial charge in [-0.2, -0.15) is 0 Å². The summed E-state index contributed by atoms with van der Waals surface area (Å²) in [5.74, 6) is 0.218. The summed E-state index contributed by atoms with van der Waals surface area (Å²) in [6.07, 6.45) is 1.47. The van der Waals surface area contributed by atoms with Crippen LogP contribution in [0, 0.1) is 5.92 Å². The molecule has 0 saturated carbocycles. The van der Waals surface area contributed by atoms with Gasteiger partial charge in [0.2, 0.25) is 11.8 Å². The lowest BCUT2D eigenvalue weighted by Crippen LogP contribution is -2.47. The van der Waals surface area contributed by atoms with Crippen LogP contribution >= 0.6 is 0 Å². The molecule has 0 saturated heterocycles. The second-order valence-corrected chi connectivity index (χ2v) is 5.50. The Kier molecular flexibility index (Phi) is 7.04. The quantitative estimate of drug-likeness (QED) is 0.648. The van der Waals surface area contributed by atoms with Gasteiger partial charge in [0.05, 0.1) is 18.3 Å². The molecule has 0 radical (unpaired) electrons. The molecule has 22 heavy (non-hydrogen) atoms. The Morgan fingerprint density at radius 2 is 1.91 bits per heavy atom. The number of rotatable bonds is 8. The highest BCUT2D eigenvalue weighted by molar-refractivity contribution is 5.87. The molecule has 1 rings (SSSR count). The molecule has 0 bridgehead atoms. The first-order chi connectivity index (χ1) is 10.4. The Labute approximate surface area is 131 Å². The number of amides is 2. The van der Waals surface area contributed by atoms with Gasteiger partial charge in [0.25, 0.3) is 0 Å². The minimum Gasteiger partial charge on any atom is -0.361 e. The van der Waals surface area contributed by atoms with Crippen molar-refractivity contribution >= 4 is 11.8 Å². The van der Waals surface area contributed by atoms with Crippen molar-refractivity contribution in [3.63, 3.8) is 0 Å². The van der Waals surface area contributed by atoms with E-state index in [2.05, 4.69) is 15.8 Å². The molecule has 2 amide bonds. The number of nitrogens with zero attached hydrogens (tertiary/aromatic N) is 1. The lowest BCUT2D eigenvalue weighted by molar-refractivity contribution is -0.127. The fourth-order valence-corrected chi connectivity index (χ4v) is 1.98. The molecule has 124 valence electrons. The summed E-state index contributed by atoms with van der Waals surface area (Å²) in [6.45, 7) is 7.92. The van der Waals surface area contributed by atoms with E-state index >= 15 is 0 Å². The van der Waals surface area contributed by atoms with Crippen LogP contribution in [0.25, 0.3) is 0 Å². The molecule has 0 aliphatic rings. The van der Waals surface area contributed by atoms with Gasteiger partial charge >= 0.3 is 0 Å². The number of carbonyl (C=O) groups excluding carboxylic acids is 2. The summed E-state index contributed by atoms with van der Waals surface area (Å²) in [7, 11) is 0. The van der Waals surface area contributed by atoms with Crippen LogP contribution < -0.4 is 16.4 Å². The predicted molar refractivity (Wildman–Crippen MR) is 82.9 cm³/mol. The van der Waals surface area contributed by atoms with Crippen LogP contribution in [0.4, 0.5) is 0 Å². The van der Waals surface area contributed by atoms with E-state index in [0.717, 1.165) is 29.9 Å². The second kappa shape index (κ2) is 8.53. The fraction of sp³-hybridized carbons (Fsp3) is 0.667. The van der Waals surface area contributed by atoms with Crippen LogP contribution in [0.15, 0.2) is 4.52 Å². The monoisotopic (exact) mass is 310 g/mol. The van der Waals surface area contributed by atoms with Crippen molar-refractivity contribution in [2.45, 2.75) is 53.1 Å². The second-order valence-electron chi connectivity index (χ2n) is 5.50. The third-order valence-electron chi connectivity index (χ3n) is 3.51. The van der Waals surface area contributed by atoms with Crippen molar-refractivity contribution < 1.29 is 14.1 Å². The summed E-state index contributed by atoms with van der Waals surface area (Å²) in [5.41, 5.74) is 7.48. The molecular weight excluding hydrogens is 284 g/mol. The lowest BCUT2D eigenvalue weighted by Gasteiger charge is -2.15. The van der Waals surface area contributed by atoms with Crippen molar-refractivity contribution in [1.29, 1.82) is 0 Å². The smallest absolute Gasteiger partial charge is 0.239 e. The first-order valence-corrected chi connectivity index (χ1v) is 7.66. The molecule has 1 aromatic heterocycles.